The van der Waals surface area contributed by atoms with Gasteiger partial charge in [-0.2, -0.15) is 0 Å². The molecule has 0 unspecified atom stereocenters. The van der Waals surface area contributed by atoms with E-state index in [1.807, 2.05) is 24.3 Å². The molecule has 4 nitrogen and oxygen atoms in total. The summed E-state index contributed by atoms with van der Waals surface area (Å²) < 4.78 is 0. The summed E-state index contributed by atoms with van der Waals surface area (Å²) in [4.78, 5) is 25.0. The first-order valence-electron chi connectivity index (χ1n) is 5.25. The molecule has 2 aromatic rings. The van der Waals surface area contributed by atoms with Crippen LogP contribution in [-0.4, -0.2) is 23.8 Å². The van der Waals surface area contributed by atoms with Gasteiger partial charge in [-0.15, -0.1) is 0 Å². The van der Waals surface area contributed by atoms with E-state index in [0.29, 0.717) is 16.8 Å². The number of amides is 2. The van der Waals surface area contributed by atoms with Gasteiger partial charge in [0, 0.05) is 18.1 Å². The fourth-order valence-electron chi connectivity index (χ4n) is 2.24. The summed E-state index contributed by atoms with van der Waals surface area (Å²) >= 11 is 0. The summed E-state index contributed by atoms with van der Waals surface area (Å²) in [7, 11) is 1.48. The first-order chi connectivity index (χ1) is 8.11. The predicted octanol–water partition coefficient (Wildman–Crippen LogP) is 1.65. The van der Waals surface area contributed by atoms with Crippen LogP contribution in [0.2, 0.25) is 0 Å². The normalized spacial score (nSPS) is 14.5. The molecule has 3 rings (SSSR count). The fraction of sp³-hybridized carbons (Fsp3) is 0.0769. The van der Waals surface area contributed by atoms with Crippen LogP contribution >= 0.6 is 0 Å². The number of nitrogens with zero attached hydrogens (tertiary/aromatic N) is 1. The van der Waals surface area contributed by atoms with Gasteiger partial charge in [-0.1, -0.05) is 24.3 Å². The van der Waals surface area contributed by atoms with Crippen molar-refractivity contribution in [2.75, 3.05) is 12.8 Å². The molecular formula is C13H10N2O2. The molecular weight excluding hydrogens is 216 g/mol. The van der Waals surface area contributed by atoms with Crippen molar-refractivity contribution in [3.8, 4) is 0 Å². The largest absolute Gasteiger partial charge is 0.398 e. The molecule has 0 radical (unpaired) electrons. The second-order valence-electron chi connectivity index (χ2n) is 4.10. The van der Waals surface area contributed by atoms with Crippen LogP contribution in [0.3, 0.4) is 0 Å². The highest BCUT2D eigenvalue weighted by molar-refractivity contribution is 6.27. The number of nitrogens with two attached hydrogens (primary N) is 1. The van der Waals surface area contributed by atoms with E-state index in [0.717, 1.165) is 15.7 Å². The van der Waals surface area contributed by atoms with Crippen LogP contribution in [0, 0.1) is 0 Å². The lowest BCUT2D eigenvalue weighted by Crippen LogP contribution is -2.24. The Labute approximate surface area is 97.6 Å². The average molecular weight is 226 g/mol. The number of anilines is 1. The molecule has 1 heterocycles. The van der Waals surface area contributed by atoms with Crippen molar-refractivity contribution < 1.29 is 9.59 Å². The minimum atomic E-state index is -0.289. The van der Waals surface area contributed by atoms with Crippen LogP contribution in [0.4, 0.5) is 5.69 Å². The molecule has 0 saturated carbocycles. The van der Waals surface area contributed by atoms with E-state index in [-0.39, 0.29) is 11.8 Å². The minimum absolute atomic E-state index is 0.263. The standard InChI is InChI=1S/C13H10N2O2/c1-15-12(16)9-6-10(14)7-4-2-3-5-8(7)11(9)13(15)17/h2-6H,14H2,1H3. The number of rotatable bonds is 0. The van der Waals surface area contributed by atoms with Gasteiger partial charge in [-0.05, 0) is 11.5 Å². The molecule has 1 aliphatic heterocycles. The summed E-state index contributed by atoms with van der Waals surface area (Å²) in [5, 5.41) is 1.55. The van der Waals surface area contributed by atoms with Gasteiger partial charge >= 0.3 is 0 Å². The van der Waals surface area contributed by atoms with Crippen LogP contribution in [-0.2, 0) is 0 Å². The van der Waals surface area contributed by atoms with Gasteiger partial charge < -0.3 is 5.73 Å². The quantitative estimate of drug-likeness (QED) is 0.548. The number of benzene rings is 2. The Bertz CT molecular complexity index is 676. The van der Waals surface area contributed by atoms with Crippen molar-refractivity contribution in [2.24, 2.45) is 0 Å². The molecule has 0 aliphatic carbocycles. The third-order valence-corrected chi connectivity index (χ3v) is 3.13. The zero-order valence-electron chi connectivity index (χ0n) is 9.23. The van der Waals surface area contributed by atoms with Gasteiger partial charge in [-0.25, -0.2) is 0 Å². The summed E-state index contributed by atoms with van der Waals surface area (Å²) in [5.41, 5.74) is 7.28. The SMILES string of the molecule is CN1C(=O)c2cc(N)c3ccccc3c2C1=O. The maximum atomic E-state index is 12.0. The molecule has 2 aromatic carbocycles. The predicted molar refractivity (Wildman–Crippen MR) is 64.8 cm³/mol. The van der Waals surface area contributed by atoms with E-state index in [4.69, 9.17) is 5.73 Å². The molecule has 0 bridgehead atoms. The van der Waals surface area contributed by atoms with Gasteiger partial charge in [0.2, 0.25) is 0 Å². The molecule has 0 atom stereocenters. The number of nitrogen functional groups attached to an aromatic ring is 1. The zero-order valence-corrected chi connectivity index (χ0v) is 9.23. The first kappa shape index (κ1) is 9.84. The summed E-state index contributed by atoms with van der Waals surface area (Å²) in [6, 6.07) is 8.94. The Morgan fingerprint density at radius 2 is 1.71 bits per heavy atom. The lowest BCUT2D eigenvalue weighted by atomic mass is 9.99. The summed E-state index contributed by atoms with van der Waals surface area (Å²) in [6.45, 7) is 0. The van der Waals surface area contributed by atoms with Gasteiger partial charge in [0.05, 0.1) is 11.1 Å². The Morgan fingerprint density at radius 3 is 2.41 bits per heavy atom. The molecule has 2 amide bonds. The Kier molecular flexibility index (Phi) is 1.78. The highest BCUT2D eigenvalue weighted by Crippen LogP contribution is 2.33. The number of carbonyl (C=O) groups excluding carboxylic acids is 2. The van der Waals surface area contributed by atoms with E-state index in [1.54, 1.807) is 6.07 Å². The van der Waals surface area contributed by atoms with Crippen LogP contribution in [0.15, 0.2) is 30.3 Å². The second kappa shape index (κ2) is 3.07. The summed E-state index contributed by atoms with van der Waals surface area (Å²) in [5.74, 6) is -0.552. The molecule has 1 aliphatic rings. The van der Waals surface area contributed by atoms with Crippen LogP contribution in [0.25, 0.3) is 10.8 Å². The van der Waals surface area contributed by atoms with Crippen LogP contribution in [0.5, 0.6) is 0 Å². The lowest BCUT2D eigenvalue weighted by molar-refractivity contribution is 0.0693. The fourth-order valence-corrected chi connectivity index (χ4v) is 2.24. The number of fused-ring (bicyclic) bond motifs is 3. The minimum Gasteiger partial charge on any atom is -0.398 e. The third kappa shape index (κ3) is 1.12. The van der Waals surface area contributed by atoms with E-state index in [9.17, 15) is 9.59 Å². The van der Waals surface area contributed by atoms with Gasteiger partial charge in [0.25, 0.3) is 11.8 Å². The van der Waals surface area contributed by atoms with Crippen molar-refractivity contribution in [1.29, 1.82) is 0 Å². The lowest BCUT2D eigenvalue weighted by Gasteiger charge is -2.05. The monoisotopic (exact) mass is 226 g/mol. The smallest absolute Gasteiger partial charge is 0.261 e. The van der Waals surface area contributed by atoms with E-state index < -0.39 is 0 Å². The molecule has 4 heteroatoms. The summed E-state index contributed by atoms with van der Waals surface area (Å²) in [6.07, 6.45) is 0. The van der Waals surface area contributed by atoms with Gasteiger partial charge in [-0.3, -0.25) is 14.5 Å². The van der Waals surface area contributed by atoms with E-state index in [1.165, 1.54) is 7.05 Å². The number of hydrogen-bond acceptors (Lipinski definition) is 3. The molecule has 17 heavy (non-hydrogen) atoms. The zero-order chi connectivity index (χ0) is 12.2. The third-order valence-electron chi connectivity index (χ3n) is 3.13. The molecule has 84 valence electrons. The van der Waals surface area contributed by atoms with Gasteiger partial charge in [0.15, 0.2) is 0 Å². The van der Waals surface area contributed by atoms with Crippen molar-refractivity contribution >= 4 is 28.3 Å². The molecule has 0 aromatic heterocycles. The molecule has 0 saturated heterocycles. The number of carbonyl (C=O) groups is 2. The Morgan fingerprint density at radius 1 is 1.06 bits per heavy atom. The molecule has 0 fully saturated rings. The number of hydrogen-bond donors (Lipinski definition) is 1. The first-order valence-corrected chi connectivity index (χ1v) is 5.25. The average Bonchev–Trinajstić information content (AvgIpc) is 2.55. The van der Waals surface area contributed by atoms with Gasteiger partial charge in [0.1, 0.15) is 0 Å². The van der Waals surface area contributed by atoms with Crippen molar-refractivity contribution in [3.63, 3.8) is 0 Å². The van der Waals surface area contributed by atoms with E-state index in [2.05, 4.69) is 0 Å². The van der Waals surface area contributed by atoms with Crippen LogP contribution in [0.1, 0.15) is 20.7 Å². The number of imide groups is 1. The van der Waals surface area contributed by atoms with E-state index >= 15 is 0 Å². The second-order valence-corrected chi connectivity index (χ2v) is 4.10. The van der Waals surface area contributed by atoms with Crippen molar-refractivity contribution in [1.82, 2.24) is 4.90 Å². The van der Waals surface area contributed by atoms with Crippen molar-refractivity contribution in [2.45, 2.75) is 0 Å². The highest BCUT2D eigenvalue weighted by atomic mass is 16.2. The Hall–Kier alpha value is -2.36. The Balaban J connectivity index is 2.50. The van der Waals surface area contributed by atoms with Crippen molar-refractivity contribution in [3.05, 3.63) is 41.5 Å². The molecule has 0 spiro atoms. The maximum absolute atomic E-state index is 12.0. The maximum Gasteiger partial charge on any atom is 0.261 e. The topological polar surface area (TPSA) is 63.4 Å². The molecule has 2 N–H and O–H groups in total. The van der Waals surface area contributed by atoms with Crippen LogP contribution < -0.4 is 5.73 Å². The highest BCUT2D eigenvalue weighted by Gasteiger charge is 2.34.